The molecule has 0 aliphatic carbocycles. The Hall–Kier alpha value is -2.32. The molecular weight excluding hydrogens is 316 g/mol. The minimum atomic E-state index is 0.414. The van der Waals surface area contributed by atoms with Crippen LogP contribution in [0.25, 0.3) is 11.1 Å². The van der Waals surface area contributed by atoms with Crippen molar-refractivity contribution in [2.24, 2.45) is 0 Å². The fourth-order valence-electron chi connectivity index (χ4n) is 4.29. The highest BCUT2D eigenvalue weighted by Crippen LogP contribution is 2.33. The summed E-state index contributed by atoms with van der Waals surface area (Å²) in [4.78, 5) is 0. The van der Waals surface area contributed by atoms with E-state index in [4.69, 9.17) is 0 Å². The van der Waals surface area contributed by atoms with E-state index in [0.717, 1.165) is 19.5 Å². The number of rotatable bonds is 5. The molecule has 0 amide bonds. The van der Waals surface area contributed by atoms with E-state index in [1.165, 1.54) is 35.1 Å². The van der Waals surface area contributed by atoms with Gasteiger partial charge in [-0.1, -0.05) is 55.5 Å². The molecule has 1 aromatic heterocycles. The molecule has 2 nitrogen and oxygen atoms in total. The summed E-state index contributed by atoms with van der Waals surface area (Å²) in [6.45, 7) is 4.51. The van der Waals surface area contributed by atoms with Crippen LogP contribution in [0.4, 0.5) is 0 Å². The standard InChI is InChI=1S/C24H28N2/c1-2-24(26-16-5-6-17-26)20-13-11-19(12-14-20)22-9-3-4-10-23(22)21-8-7-15-25-18-21/h3-6,9-14,16-17,21,24-25H,2,7-8,15,18H2,1H3. The van der Waals surface area contributed by atoms with Gasteiger partial charge in [0.1, 0.15) is 0 Å². The molecule has 0 saturated carbocycles. The molecule has 2 unspecified atom stereocenters. The van der Waals surface area contributed by atoms with E-state index in [-0.39, 0.29) is 0 Å². The van der Waals surface area contributed by atoms with E-state index < -0.39 is 0 Å². The zero-order valence-electron chi connectivity index (χ0n) is 15.6. The van der Waals surface area contributed by atoms with Crippen LogP contribution in [0.1, 0.15) is 49.3 Å². The zero-order valence-corrected chi connectivity index (χ0v) is 15.6. The van der Waals surface area contributed by atoms with Gasteiger partial charge in [-0.25, -0.2) is 0 Å². The molecule has 3 aromatic rings. The first kappa shape index (κ1) is 17.1. The Bertz CT molecular complexity index is 812. The Morgan fingerprint density at radius 2 is 1.77 bits per heavy atom. The molecule has 2 aromatic carbocycles. The molecule has 0 bridgehead atoms. The fraction of sp³-hybridized carbons (Fsp3) is 0.333. The molecule has 2 atom stereocenters. The third kappa shape index (κ3) is 3.47. The lowest BCUT2D eigenvalue weighted by Gasteiger charge is -2.25. The third-order valence-electron chi connectivity index (χ3n) is 5.68. The van der Waals surface area contributed by atoms with Crippen LogP contribution in [0.3, 0.4) is 0 Å². The van der Waals surface area contributed by atoms with Crippen molar-refractivity contribution >= 4 is 0 Å². The number of nitrogens with one attached hydrogen (secondary N) is 1. The van der Waals surface area contributed by atoms with Crippen molar-refractivity contribution in [3.05, 3.63) is 84.2 Å². The Morgan fingerprint density at radius 1 is 1.00 bits per heavy atom. The molecule has 2 heteroatoms. The number of aromatic nitrogens is 1. The molecule has 26 heavy (non-hydrogen) atoms. The molecule has 4 rings (SSSR count). The van der Waals surface area contributed by atoms with Crippen LogP contribution in [0.2, 0.25) is 0 Å². The first-order chi connectivity index (χ1) is 12.9. The molecule has 2 heterocycles. The van der Waals surface area contributed by atoms with Crippen molar-refractivity contribution < 1.29 is 0 Å². The molecule has 0 radical (unpaired) electrons. The molecule has 134 valence electrons. The van der Waals surface area contributed by atoms with Crippen LogP contribution in [0.5, 0.6) is 0 Å². The van der Waals surface area contributed by atoms with Crippen LogP contribution in [-0.2, 0) is 0 Å². The lowest BCUT2D eigenvalue weighted by Crippen LogP contribution is -2.28. The summed E-state index contributed by atoms with van der Waals surface area (Å²) in [7, 11) is 0. The van der Waals surface area contributed by atoms with Gasteiger partial charge >= 0.3 is 0 Å². The zero-order chi connectivity index (χ0) is 17.8. The Balaban J connectivity index is 1.63. The Labute approximate surface area is 156 Å². The van der Waals surface area contributed by atoms with Gasteiger partial charge < -0.3 is 9.88 Å². The van der Waals surface area contributed by atoms with Gasteiger partial charge in [0, 0.05) is 18.9 Å². The monoisotopic (exact) mass is 344 g/mol. The molecule has 0 spiro atoms. The molecule has 1 fully saturated rings. The SMILES string of the molecule is CCC(c1ccc(-c2ccccc2C2CCCNC2)cc1)n1cccc1. The summed E-state index contributed by atoms with van der Waals surface area (Å²) >= 11 is 0. The second-order valence-corrected chi connectivity index (χ2v) is 7.31. The predicted molar refractivity (Wildman–Crippen MR) is 110 cm³/mol. The molecule has 1 aliphatic heterocycles. The highest BCUT2D eigenvalue weighted by molar-refractivity contribution is 5.68. The van der Waals surface area contributed by atoms with Crippen LogP contribution in [0.15, 0.2) is 73.1 Å². The lowest BCUT2D eigenvalue weighted by atomic mass is 9.86. The van der Waals surface area contributed by atoms with Crippen LogP contribution in [-0.4, -0.2) is 17.7 Å². The quantitative estimate of drug-likeness (QED) is 0.635. The predicted octanol–water partition coefficient (Wildman–Crippen LogP) is 5.62. The summed E-state index contributed by atoms with van der Waals surface area (Å²) < 4.78 is 2.30. The van der Waals surface area contributed by atoms with E-state index in [2.05, 4.69) is 89.9 Å². The molecule has 1 saturated heterocycles. The average molecular weight is 345 g/mol. The normalized spacial score (nSPS) is 18.6. The summed E-state index contributed by atoms with van der Waals surface area (Å²) in [6, 6.07) is 22.8. The van der Waals surface area contributed by atoms with Gasteiger partial charge in [-0.3, -0.25) is 0 Å². The summed E-state index contributed by atoms with van der Waals surface area (Å²) in [5.74, 6) is 0.628. The van der Waals surface area contributed by atoms with Crippen molar-refractivity contribution in [1.29, 1.82) is 0 Å². The van der Waals surface area contributed by atoms with E-state index in [0.29, 0.717) is 12.0 Å². The van der Waals surface area contributed by atoms with Crippen LogP contribution >= 0.6 is 0 Å². The molecule has 1 N–H and O–H groups in total. The summed E-state index contributed by atoms with van der Waals surface area (Å²) in [5, 5.41) is 3.56. The Kier molecular flexibility index (Phi) is 5.21. The highest BCUT2D eigenvalue weighted by Gasteiger charge is 2.18. The van der Waals surface area contributed by atoms with Gasteiger partial charge in [-0.2, -0.15) is 0 Å². The third-order valence-corrected chi connectivity index (χ3v) is 5.68. The van der Waals surface area contributed by atoms with Crippen molar-refractivity contribution in [3.8, 4) is 11.1 Å². The Morgan fingerprint density at radius 3 is 2.46 bits per heavy atom. The highest BCUT2D eigenvalue weighted by atomic mass is 15.0. The van der Waals surface area contributed by atoms with Crippen molar-refractivity contribution in [3.63, 3.8) is 0 Å². The number of piperidine rings is 1. The minimum Gasteiger partial charge on any atom is -0.347 e. The van der Waals surface area contributed by atoms with Crippen LogP contribution in [0, 0.1) is 0 Å². The maximum absolute atomic E-state index is 3.56. The molecular formula is C24H28N2. The smallest absolute Gasteiger partial charge is 0.0577 e. The van der Waals surface area contributed by atoms with Gasteiger partial charge in [-0.05, 0) is 66.1 Å². The number of benzene rings is 2. The van der Waals surface area contributed by atoms with Gasteiger partial charge in [0.05, 0.1) is 6.04 Å². The van der Waals surface area contributed by atoms with Crippen molar-refractivity contribution in [2.45, 2.75) is 38.1 Å². The number of hydrogen-bond donors (Lipinski definition) is 1. The van der Waals surface area contributed by atoms with Gasteiger partial charge in [-0.15, -0.1) is 0 Å². The maximum Gasteiger partial charge on any atom is 0.0577 e. The number of hydrogen-bond acceptors (Lipinski definition) is 1. The summed E-state index contributed by atoms with van der Waals surface area (Å²) in [5.41, 5.74) is 5.59. The second-order valence-electron chi connectivity index (χ2n) is 7.31. The topological polar surface area (TPSA) is 17.0 Å². The largest absolute Gasteiger partial charge is 0.347 e. The van der Waals surface area contributed by atoms with E-state index >= 15 is 0 Å². The van der Waals surface area contributed by atoms with Gasteiger partial charge in [0.2, 0.25) is 0 Å². The second kappa shape index (κ2) is 7.92. The van der Waals surface area contributed by atoms with Gasteiger partial charge in [0.15, 0.2) is 0 Å². The van der Waals surface area contributed by atoms with Crippen LogP contribution < -0.4 is 5.32 Å². The first-order valence-corrected chi connectivity index (χ1v) is 9.89. The van der Waals surface area contributed by atoms with Gasteiger partial charge in [0.25, 0.3) is 0 Å². The maximum atomic E-state index is 3.56. The van der Waals surface area contributed by atoms with E-state index in [9.17, 15) is 0 Å². The molecule has 1 aliphatic rings. The van der Waals surface area contributed by atoms with Crippen molar-refractivity contribution in [1.82, 2.24) is 9.88 Å². The first-order valence-electron chi connectivity index (χ1n) is 9.89. The van der Waals surface area contributed by atoms with Crippen molar-refractivity contribution in [2.75, 3.05) is 13.1 Å². The van der Waals surface area contributed by atoms with E-state index in [1.807, 2.05) is 0 Å². The lowest BCUT2D eigenvalue weighted by molar-refractivity contribution is 0.462. The average Bonchev–Trinajstić information content (AvgIpc) is 3.24. The summed E-state index contributed by atoms with van der Waals surface area (Å²) in [6.07, 6.45) is 7.97. The van der Waals surface area contributed by atoms with E-state index in [1.54, 1.807) is 0 Å². The fourth-order valence-corrected chi connectivity index (χ4v) is 4.29. The minimum absolute atomic E-state index is 0.414. The number of nitrogens with zero attached hydrogens (tertiary/aromatic N) is 1.